The summed E-state index contributed by atoms with van der Waals surface area (Å²) in [7, 11) is 0. The fourth-order valence-corrected chi connectivity index (χ4v) is 2.65. The summed E-state index contributed by atoms with van der Waals surface area (Å²) in [6.45, 7) is 0.601. The molecule has 2 nitrogen and oxygen atoms in total. The third-order valence-corrected chi connectivity index (χ3v) is 3.77. The lowest BCUT2D eigenvalue weighted by atomic mass is 9.92. The minimum atomic E-state index is 0.283. The van der Waals surface area contributed by atoms with Gasteiger partial charge in [-0.2, -0.15) is 0 Å². The highest BCUT2D eigenvalue weighted by molar-refractivity contribution is 9.10. The fraction of sp³-hybridized carbons (Fsp3) is 0.200. The van der Waals surface area contributed by atoms with Crippen LogP contribution in [0.3, 0.4) is 0 Å². The molecule has 0 radical (unpaired) electrons. The highest BCUT2D eigenvalue weighted by atomic mass is 79.9. The van der Waals surface area contributed by atoms with Crippen LogP contribution in [0, 0.1) is 0 Å². The molecule has 3 heteroatoms. The Hall–Kier alpha value is -1.32. The minimum absolute atomic E-state index is 0.283. The number of hydrogen-bond donors (Lipinski definition) is 2. The molecule has 2 aromatic rings. The maximum Gasteiger partial charge on any atom is 0.115 e. The van der Waals surface area contributed by atoms with Crippen LogP contribution in [0.2, 0.25) is 0 Å². The summed E-state index contributed by atoms with van der Waals surface area (Å²) in [5.41, 5.74) is 8.29. The van der Waals surface area contributed by atoms with Crippen molar-refractivity contribution in [3.63, 3.8) is 0 Å². The van der Waals surface area contributed by atoms with Gasteiger partial charge in [-0.25, -0.2) is 0 Å². The predicted molar refractivity (Wildman–Crippen MR) is 77.7 cm³/mol. The summed E-state index contributed by atoms with van der Waals surface area (Å²) >= 11 is 3.57. The molecule has 3 N–H and O–H groups in total. The first-order valence-corrected chi connectivity index (χ1v) is 6.72. The Balaban J connectivity index is 2.20. The van der Waals surface area contributed by atoms with Crippen molar-refractivity contribution in [3.05, 3.63) is 64.1 Å². The molecule has 2 rings (SSSR count). The summed E-state index contributed by atoms with van der Waals surface area (Å²) in [4.78, 5) is 0. The van der Waals surface area contributed by atoms with Gasteiger partial charge in [-0.05, 0) is 42.3 Å². The Bertz CT molecular complexity index is 510. The van der Waals surface area contributed by atoms with Gasteiger partial charge in [0, 0.05) is 10.4 Å². The second-order valence-corrected chi connectivity index (χ2v) is 5.18. The van der Waals surface area contributed by atoms with Crippen LogP contribution in [-0.4, -0.2) is 11.7 Å². The molecule has 0 fully saturated rings. The molecule has 0 saturated carbocycles. The van der Waals surface area contributed by atoms with Crippen LogP contribution in [0.4, 0.5) is 0 Å². The zero-order chi connectivity index (χ0) is 13.0. The van der Waals surface area contributed by atoms with Gasteiger partial charge in [0.25, 0.3) is 0 Å². The summed E-state index contributed by atoms with van der Waals surface area (Å²) in [6.07, 6.45) is 0.874. The van der Waals surface area contributed by atoms with Crippen molar-refractivity contribution in [1.29, 1.82) is 0 Å². The highest BCUT2D eigenvalue weighted by Gasteiger charge is 2.13. The van der Waals surface area contributed by atoms with Crippen molar-refractivity contribution >= 4 is 15.9 Å². The van der Waals surface area contributed by atoms with Crippen molar-refractivity contribution in [2.75, 3.05) is 6.54 Å². The largest absolute Gasteiger partial charge is 0.508 e. The maximum absolute atomic E-state index is 9.28. The second-order valence-electron chi connectivity index (χ2n) is 4.32. The minimum Gasteiger partial charge on any atom is -0.508 e. The standard InChI is InChI=1S/C15H16BrNO/c16-15-4-2-1-3-14(15)12(10-17)9-11-5-7-13(18)8-6-11/h1-8,12,18H,9-10,17H2. The van der Waals surface area contributed by atoms with E-state index in [9.17, 15) is 5.11 Å². The van der Waals surface area contributed by atoms with Gasteiger partial charge in [-0.1, -0.05) is 46.3 Å². The number of hydrogen-bond acceptors (Lipinski definition) is 2. The summed E-state index contributed by atoms with van der Waals surface area (Å²) in [6, 6.07) is 15.5. The van der Waals surface area contributed by atoms with E-state index in [1.54, 1.807) is 12.1 Å². The topological polar surface area (TPSA) is 46.2 Å². The van der Waals surface area contributed by atoms with E-state index in [1.807, 2.05) is 30.3 Å². The lowest BCUT2D eigenvalue weighted by Crippen LogP contribution is -2.15. The van der Waals surface area contributed by atoms with Gasteiger partial charge in [-0.3, -0.25) is 0 Å². The number of benzene rings is 2. The van der Waals surface area contributed by atoms with Crippen molar-refractivity contribution in [2.45, 2.75) is 12.3 Å². The number of halogens is 1. The molecule has 2 aromatic carbocycles. The van der Waals surface area contributed by atoms with Crippen LogP contribution < -0.4 is 5.73 Å². The van der Waals surface area contributed by atoms with Crippen LogP contribution >= 0.6 is 15.9 Å². The summed E-state index contributed by atoms with van der Waals surface area (Å²) < 4.78 is 1.10. The van der Waals surface area contributed by atoms with E-state index in [4.69, 9.17) is 5.73 Å². The quantitative estimate of drug-likeness (QED) is 0.909. The third kappa shape index (κ3) is 3.12. The Morgan fingerprint density at radius 2 is 1.72 bits per heavy atom. The average molecular weight is 306 g/mol. The monoisotopic (exact) mass is 305 g/mol. The molecule has 0 aliphatic rings. The number of phenolic OH excluding ortho intramolecular Hbond substituents is 1. The Morgan fingerprint density at radius 1 is 1.06 bits per heavy atom. The smallest absolute Gasteiger partial charge is 0.115 e. The summed E-state index contributed by atoms with van der Waals surface area (Å²) in [5.74, 6) is 0.578. The molecule has 1 atom stereocenters. The van der Waals surface area contributed by atoms with E-state index in [1.165, 1.54) is 11.1 Å². The molecule has 0 amide bonds. The lowest BCUT2D eigenvalue weighted by molar-refractivity contribution is 0.475. The number of phenols is 1. The number of rotatable bonds is 4. The molecule has 0 aliphatic heterocycles. The molecule has 0 spiro atoms. The first-order chi connectivity index (χ1) is 8.70. The normalized spacial score (nSPS) is 12.3. The van der Waals surface area contributed by atoms with Crippen LogP contribution in [-0.2, 0) is 6.42 Å². The zero-order valence-corrected chi connectivity index (χ0v) is 11.6. The van der Waals surface area contributed by atoms with Gasteiger partial charge < -0.3 is 10.8 Å². The van der Waals surface area contributed by atoms with Gasteiger partial charge in [0.1, 0.15) is 5.75 Å². The fourth-order valence-electron chi connectivity index (χ4n) is 2.04. The first-order valence-electron chi connectivity index (χ1n) is 5.93. The molecule has 0 heterocycles. The molecular formula is C15H16BrNO. The van der Waals surface area contributed by atoms with E-state index < -0.39 is 0 Å². The molecule has 1 unspecified atom stereocenters. The highest BCUT2D eigenvalue weighted by Crippen LogP contribution is 2.27. The first kappa shape index (κ1) is 13.1. The maximum atomic E-state index is 9.28. The molecule has 18 heavy (non-hydrogen) atoms. The zero-order valence-electron chi connectivity index (χ0n) is 10.0. The number of nitrogens with two attached hydrogens (primary N) is 1. The van der Waals surface area contributed by atoms with Gasteiger partial charge in [0.05, 0.1) is 0 Å². The van der Waals surface area contributed by atoms with Crippen LogP contribution in [0.5, 0.6) is 5.75 Å². The Morgan fingerprint density at radius 3 is 2.33 bits per heavy atom. The van der Waals surface area contributed by atoms with Crippen LogP contribution in [0.1, 0.15) is 17.0 Å². The molecule has 0 aromatic heterocycles. The van der Waals surface area contributed by atoms with Crippen molar-refractivity contribution in [1.82, 2.24) is 0 Å². The van der Waals surface area contributed by atoms with E-state index in [-0.39, 0.29) is 5.92 Å². The molecular weight excluding hydrogens is 290 g/mol. The third-order valence-electron chi connectivity index (χ3n) is 3.05. The molecule has 94 valence electrons. The predicted octanol–water partition coefficient (Wildman–Crippen LogP) is 3.44. The molecule has 0 bridgehead atoms. The molecule has 0 saturated heterocycles. The van der Waals surface area contributed by atoms with E-state index >= 15 is 0 Å². The summed E-state index contributed by atoms with van der Waals surface area (Å²) in [5, 5.41) is 9.28. The molecule has 0 aliphatic carbocycles. The van der Waals surface area contributed by atoms with Crippen molar-refractivity contribution < 1.29 is 5.11 Å². The number of aromatic hydroxyl groups is 1. The van der Waals surface area contributed by atoms with Gasteiger partial charge in [0.2, 0.25) is 0 Å². The van der Waals surface area contributed by atoms with E-state index in [0.717, 1.165) is 10.9 Å². The average Bonchev–Trinajstić information content (AvgIpc) is 2.39. The second kappa shape index (κ2) is 6.03. The van der Waals surface area contributed by atoms with Gasteiger partial charge in [-0.15, -0.1) is 0 Å². The Labute approximate surface area is 116 Å². The van der Waals surface area contributed by atoms with Gasteiger partial charge >= 0.3 is 0 Å². The van der Waals surface area contributed by atoms with Crippen LogP contribution in [0.25, 0.3) is 0 Å². The lowest BCUT2D eigenvalue weighted by Gasteiger charge is -2.17. The van der Waals surface area contributed by atoms with E-state index in [2.05, 4.69) is 22.0 Å². The Kier molecular flexibility index (Phi) is 4.39. The van der Waals surface area contributed by atoms with Gasteiger partial charge in [0.15, 0.2) is 0 Å². The van der Waals surface area contributed by atoms with E-state index in [0.29, 0.717) is 12.3 Å². The van der Waals surface area contributed by atoms with Crippen molar-refractivity contribution in [3.8, 4) is 5.75 Å². The van der Waals surface area contributed by atoms with Crippen LogP contribution in [0.15, 0.2) is 53.0 Å². The SMILES string of the molecule is NCC(Cc1ccc(O)cc1)c1ccccc1Br. The van der Waals surface area contributed by atoms with Crippen molar-refractivity contribution in [2.24, 2.45) is 5.73 Å².